The summed E-state index contributed by atoms with van der Waals surface area (Å²) in [6, 6.07) is 8.59. The molecule has 28 heavy (non-hydrogen) atoms. The summed E-state index contributed by atoms with van der Waals surface area (Å²) in [5.74, 6) is 0. The minimum Gasteiger partial charge on any atom is -0.410 e. The van der Waals surface area contributed by atoms with E-state index in [1.807, 2.05) is 6.07 Å². The van der Waals surface area contributed by atoms with Gasteiger partial charge >= 0.3 is 0 Å². The maximum Gasteiger partial charge on any atom is 0.201 e. The normalized spacial score (nSPS) is 14.5. The van der Waals surface area contributed by atoms with Crippen molar-refractivity contribution in [1.82, 2.24) is 0 Å². The van der Waals surface area contributed by atoms with Gasteiger partial charge in [-0.3, -0.25) is 0 Å². The van der Waals surface area contributed by atoms with Crippen LogP contribution in [-0.2, 0) is 14.3 Å². The van der Waals surface area contributed by atoms with Crippen molar-refractivity contribution in [1.29, 1.82) is 0 Å². The van der Waals surface area contributed by atoms with Crippen molar-refractivity contribution >= 4 is 34.1 Å². The van der Waals surface area contributed by atoms with Gasteiger partial charge in [-0.15, -0.1) is 0 Å². The summed E-state index contributed by atoms with van der Waals surface area (Å²) in [7, 11) is -5.54. The predicted molar refractivity (Wildman–Crippen MR) is 126 cm³/mol. The first-order chi connectivity index (χ1) is 13.1. The molecule has 3 nitrogen and oxygen atoms in total. The maximum atomic E-state index is 12.7. The average Bonchev–Trinajstić information content (AvgIpc) is 2.63. The van der Waals surface area contributed by atoms with E-state index in [0.717, 1.165) is 24.6 Å². The fraction of sp³-hybridized carbons (Fsp3) is 0.636. The average molecular weight is 490 g/mol. The molecule has 0 N–H and O–H groups in total. The van der Waals surface area contributed by atoms with Crippen LogP contribution >= 0.6 is 15.9 Å². The molecule has 0 spiro atoms. The Kier molecular flexibility index (Phi) is 10.7. The number of benzene rings is 1. The predicted octanol–water partition coefficient (Wildman–Crippen LogP) is 7.10. The third-order valence-electron chi connectivity index (χ3n) is 5.48. The molecule has 0 heterocycles. The summed E-state index contributed by atoms with van der Waals surface area (Å²) >= 11 is 3.49. The summed E-state index contributed by atoms with van der Waals surface area (Å²) in [4.78, 5) is 0.325. The lowest BCUT2D eigenvalue weighted by molar-refractivity contribution is 0.204. The highest BCUT2D eigenvalue weighted by Crippen LogP contribution is 2.43. The molecule has 0 bridgehead atoms. The fourth-order valence-corrected chi connectivity index (χ4v) is 11.2. The Morgan fingerprint density at radius 2 is 1.50 bits per heavy atom. The van der Waals surface area contributed by atoms with Crippen molar-refractivity contribution in [2.24, 2.45) is 0 Å². The number of sulfone groups is 1. The lowest BCUT2D eigenvalue weighted by Crippen LogP contribution is -2.50. The molecule has 0 aliphatic rings. The highest BCUT2D eigenvalue weighted by Gasteiger charge is 2.46. The number of alkyl halides is 1. The molecule has 0 radical (unpaired) electrons. The van der Waals surface area contributed by atoms with E-state index in [-0.39, 0.29) is 6.10 Å². The quantitative estimate of drug-likeness (QED) is 0.179. The minimum absolute atomic E-state index is 0.170. The molecule has 0 fully saturated rings. The van der Waals surface area contributed by atoms with Crippen LogP contribution < -0.4 is 0 Å². The van der Waals surface area contributed by atoms with E-state index in [4.69, 9.17) is 4.43 Å². The third-order valence-corrected chi connectivity index (χ3v) is 13.6. The number of unbranched alkanes of at least 4 members (excludes halogenated alkanes) is 1. The molecule has 0 saturated heterocycles. The van der Waals surface area contributed by atoms with E-state index in [9.17, 15) is 8.42 Å². The van der Waals surface area contributed by atoms with Crippen LogP contribution in [0.25, 0.3) is 0 Å². The van der Waals surface area contributed by atoms with Crippen molar-refractivity contribution in [2.45, 2.75) is 88.4 Å². The molecular weight excluding hydrogens is 452 g/mol. The summed E-state index contributed by atoms with van der Waals surface area (Å²) < 4.78 is 32.3. The molecule has 1 aromatic carbocycles. The monoisotopic (exact) mass is 488 g/mol. The first-order valence-corrected chi connectivity index (χ1v) is 15.1. The summed E-state index contributed by atoms with van der Waals surface area (Å²) in [5.41, 5.74) is 1.39. The zero-order valence-corrected chi connectivity index (χ0v) is 21.6. The lowest BCUT2D eigenvalue weighted by Gasteiger charge is -2.44. The van der Waals surface area contributed by atoms with Crippen LogP contribution in [0.4, 0.5) is 0 Å². The molecule has 0 aromatic heterocycles. The standard InChI is InChI=1S/C22H37BrO3SSi/c1-18(2)28(19(3)4,20(5)6)26-21(12-10-11-16-23)15-17-27(24,25)22-13-8-7-9-14-22/h7-9,13-15,17-21H,10-12,16H2,1-6H3/b17-15+. The van der Waals surface area contributed by atoms with E-state index >= 15 is 0 Å². The molecule has 1 aromatic rings. The van der Waals surface area contributed by atoms with Gasteiger partial charge in [0.15, 0.2) is 9.84 Å². The number of halogens is 1. The largest absolute Gasteiger partial charge is 0.410 e. The smallest absolute Gasteiger partial charge is 0.201 e. The van der Waals surface area contributed by atoms with E-state index in [1.54, 1.807) is 30.3 Å². The van der Waals surface area contributed by atoms with Gasteiger partial charge in [-0.1, -0.05) is 75.7 Å². The van der Waals surface area contributed by atoms with Gasteiger partial charge in [-0.05, 0) is 54.1 Å². The molecule has 1 rings (SSSR count). The van der Waals surface area contributed by atoms with E-state index < -0.39 is 18.2 Å². The van der Waals surface area contributed by atoms with E-state index in [1.165, 1.54) is 5.41 Å². The van der Waals surface area contributed by atoms with Crippen LogP contribution in [0.3, 0.4) is 0 Å². The molecule has 6 heteroatoms. The second kappa shape index (κ2) is 11.7. The van der Waals surface area contributed by atoms with Crippen LogP contribution in [0.1, 0.15) is 60.8 Å². The van der Waals surface area contributed by atoms with Gasteiger partial charge in [0, 0.05) is 10.7 Å². The van der Waals surface area contributed by atoms with Gasteiger partial charge in [-0.2, -0.15) is 0 Å². The van der Waals surface area contributed by atoms with Crippen LogP contribution in [0.15, 0.2) is 46.7 Å². The molecule has 1 atom stereocenters. The Hall–Kier alpha value is -0.433. The first kappa shape index (κ1) is 25.6. The van der Waals surface area contributed by atoms with Gasteiger partial charge in [0.2, 0.25) is 8.32 Å². The number of rotatable bonds is 12. The van der Waals surface area contributed by atoms with Crippen molar-refractivity contribution in [3.63, 3.8) is 0 Å². The van der Waals surface area contributed by atoms with E-state index in [2.05, 4.69) is 57.5 Å². The molecule has 160 valence electrons. The second-order valence-electron chi connectivity index (χ2n) is 8.35. The van der Waals surface area contributed by atoms with Gasteiger partial charge < -0.3 is 4.43 Å². The van der Waals surface area contributed by atoms with E-state index in [0.29, 0.717) is 21.5 Å². The molecule has 0 aliphatic heterocycles. The SMILES string of the molecule is CC(C)[Si](OC(/C=C/S(=O)(=O)c1ccccc1)CCCCBr)(C(C)C)C(C)C. The number of hydrogen-bond donors (Lipinski definition) is 0. The number of hydrogen-bond acceptors (Lipinski definition) is 3. The van der Waals surface area contributed by atoms with Gasteiger partial charge in [0.05, 0.1) is 11.0 Å². The van der Waals surface area contributed by atoms with Crippen LogP contribution in [0, 0.1) is 0 Å². The second-order valence-corrected chi connectivity index (χ2v) is 16.4. The zero-order chi connectivity index (χ0) is 21.4. The fourth-order valence-electron chi connectivity index (χ4n) is 4.18. The van der Waals surface area contributed by atoms with Crippen LogP contribution in [-0.4, -0.2) is 28.2 Å². The van der Waals surface area contributed by atoms with Crippen molar-refractivity contribution in [3.8, 4) is 0 Å². The molecule has 1 unspecified atom stereocenters. The molecule has 0 aliphatic carbocycles. The van der Waals surface area contributed by atoms with Crippen LogP contribution in [0.2, 0.25) is 16.6 Å². The highest BCUT2D eigenvalue weighted by molar-refractivity contribution is 9.09. The Labute approximate surface area is 182 Å². The lowest BCUT2D eigenvalue weighted by atomic mass is 10.2. The third kappa shape index (κ3) is 6.82. The summed E-state index contributed by atoms with van der Waals surface area (Å²) in [5, 5.41) is 2.30. The minimum atomic E-state index is -3.46. The molecule has 0 saturated carbocycles. The van der Waals surface area contributed by atoms with Crippen molar-refractivity contribution in [3.05, 3.63) is 41.8 Å². The summed E-state index contributed by atoms with van der Waals surface area (Å²) in [6.07, 6.45) is 4.51. The first-order valence-electron chi connectivity index (χ1n) is 10.3. The Balaban J connectivity index is 3.17. The molecule has 0 amide bonds. The topological polar surface area (TPSA) is 43.4 Å². The molecular formula is C22H37BrO3SSi. The zero-order valence-electron chi connectivity index (χ0n) is 18.2. The van der Waals surface area contributed by atoms with Crippen molar-refractivity contribution in [2.75, 3.05) is 5.33 Å². The van der Waals surface area contributed by atoms with Gasteiger partial charge in [0.1, 0.15) is 0 Å². The maximum absolute atomic E-state index is 12.7. The Morgan fingerprint density at radius 3 is 1.96 bits per heavy atom. The summed E-state index contributed by atoms with van der Waals surface area (Å²) in [6.45, 7) is 13.5. The van der Waals surface area contributed by atoms with Crippen LogP contribution in [0.5, 0.6) is 0 Å². The highest BCUT2D eigenvalue weighted by atomic mass is 79.9. The van der Waals surface area contributed by atoms with Crippen molar-refractivity contribution < 1.29 is 12.8 Å². The Morgan fingerprint density at radius 1 is 0.964 bits per heavy atom. The van der Waals surface area contributed by atoms with Gasteiger partial charge in [-0.25, -0.2) is 8.42 Å². The Bertz CT molecular complexity index is 678. The van der Waals surface area contributed by atoms with Gasteiger partial charge in [0.25, 0.3) is 0 Å².